The molecule has 3 heterocycles. The van der Waals surface area contributed by atoms with E-state index in [1.807, 2.05) is 0 Å². The van der Waals surface area contributed by atoms with E-state index < -0.39 is 17.9 Å². The van der Waals surface area contributed by atoms with Crippen molar-refractivity contribution in [3.05, 3.63) is 0 Å². The second-order valence-corrected chi connectivity index (χ2v) is 3.78. The zero-order valence-corrected chi connectivity index (χ0v) is 7.43. The highest BCUT2D eigenvalue weighted by atomic mass is 16.6. The third-order valence-electron chi connectivity index (χ3n) is 2.96. The molecule has 0 saturated carbocycles. The van der Waals surface area contributed by atoms with Crippen molar-refractivity contribution < 1.29 is 19.1 Å². The van der Waals surface area contributed by atoms with Crippen LogP contribution in [0.15, 0.2) is 4.99 Å². The van der Waals surface area contributed by atoms with E-state index in [1.54, 1.807) is 0 Å². The van der Waals surface area contributed by atoms with Crippen LogP contribution in [0.4, 0.5) is 0 Å². The van der Waals surface area contributed by atoms with Gasteiger partial charge in [-0.2, -0.15) is 0 Å². The lowest BCUT2D eigenvalue weighted by Crippen LogP contribution is -2.35. The van der Waals surface area contributed by atoms with Crippen LogP contribution in [0.5, 0.6) is 0 Å². The fourth-order valence-corrected chi connectivity index (χ4v) is 2.24. The highest BCUT2D eigenvalue weighted by molar-refractivity contribution is 6.46. The predicted molar refractivity (Wildman–Crippen MR) is 44.8 cm³/mol. The molecule has 3 aliphatic heterocycles. The molecule has 0 bridgehead atoms. The molecule has 0 spiro atoms. The Morgan fingerprint density at radius 1 is 1.36 bits per heavy atom. The van der Waals surface area contributed by atoms with Crippen molar-refractivity contribution in [2.45, 2.75) is 25.0 Å². The Bertz CT molecular complexity index is 349. The number of ether oxygens (including phenoxy) is 2. The van der Waals surface area contributed by atoms with Crippen molar-refractivity contribution in [1.29, 1.82) is 0 Å². The summed E-state index contributed by atoms with van der Waals surface area (Å²) in [6, 6.07) is 0.0553. The van der Waals surface area contributed by atoms with E-state index in [2.05, 4.69) is 9.73 Å². The molecule has 3 rings (SSSR count). The van der Waals surface area contributed by atoms with E-state index in [0.717, 1.165) is 6.42 Å². The van der Waals surface area contributed by atoms with Gasteiger partial charge in [-0.25, -0.2) is 4.79 Å². The quantitative estimate of drug-likeness (QED) is 0.393. The second-order valence-electron chi connectivity index (χ2n) is 3.78. The topological polar surface area (TPSA) is 65.0 Å². The Kier molecular flexibility index (Phi) is 1.53. The van der Waals surface area contributed by atoms with Crippen molar-refractivity contribution in [2.75, 3.05) is 6.61 Å². The summed E-state index contributed by atoms with van der Waals surface area (Å²) in [6.07, 6.45) is 1.39. The summed E-state index contributed by atoms with van der Waals surface area (Å²) in [5, 5.41) is 0. The summed E-state index contributed by atoms with van der Waals surface area (Å²) >= 11 is 0. The van der Waals surface area contributed by atoms with Crippen molar-refractivity contribution >= 4 is 17.7 Å². The number of hydrogen-bond acceptors (Lipinski definition) is 5. The molecule has 3 atom stereocenters. The van der Waals surface area contributed by atoms with Gasteiger partial charge < -0.3 is 9.47 Å². The Hall–Kier alpha value is -1.23. The molecule has 3 unspecified atom stereocenters. The van der Waals surface area contributed by atoms with Gasteiger partial charge in [-0.05, 0) is 12.8 Å². The molecule has 0 aromatic rings. The molecule has 0 amide bonds. The molecule has 0 aliphatic carbocycles. The smallest absolute Gasteiger partial charge is 0.360 e. The summed E-state index contributed by atoms with van der Waals surface area (Å²) in [5.41, 5.74) is 0.307. The number of fused-ring (bicyclic) bond motifs is 2. The van der Waals surface area contributed by atoms with Crippen LogP contribution in [-0.4, -0.2) is 36.4 Å². The van der Waals surface area contributed by atoms with E-state index in [1.165, 1.54) is 0 Å². The molecule has 0 N–H and O–H groups in total. The molecular weight excluding hydrogens is 186 g/mol. The molecule has 0 aromatic carbocycles. The van der Waals surface area contributed by atoms with E-state index in [4.69, 9.17) is 4.74 Å². The summed E-state index contributed by atoms with van der Waals surface area (Å²) in [4.78, 5) is 26.7. The van der Waals surface area contributed by atoms with E-state index in [-0.39, 0.29) is 12.1 Å². The van der Waals surface area contributed by atoms with Crippen LogP contribution in [0.2, 0.25) is 0 Å². The molecule has 5 nitrogen and oxygen atoms in total. The standard InChI is InChI=1S/C9H9NO4/c11-8-4-3-6-5(1-2-13-6)10-7(4)9(12)14-8/h4-6H,1-3H2. The van der Waals surface area contributed by atoms with Crippen LogP contribution in [0.3, 0.4) is 0 Å². The van der Waals surface area contributed by atoms with Gasteiger partial charge in [0, 0.05) is 6.61 Å². The first-order valence-electron chi connectivity index (χ1n) is 4.71. The van der Waals surface area contributed by atoms with Gasteiger partial charge in [-0.15, -0.1) is 0 Å². The molecule has 14 heavy (non-hydrogen) atoms. The van der Waals surface area contributed by atoms with Crippen LogP contribution in [-0.2, 0) is 19.1 Å². The maximum atomic E-state index is 11.2. The van der Waals surface area contributed by atoms with Crippen LogP contribution >= 0.6 is 0 Å². The minimum absolute atomic E-state index is 0.00204. The van der Waals surface area contributed by atoms with Crippen LogP contribution in [0.1, 0.15) is 12.8 Å². The number of esters is 2. The van der Waals surface area contributed by atoms with E-state index in [9.17, 15) is 9.59 Å². The summed E-state index contributed by atoms with van der Waals surface area (Å²) in [6.45, 7) is 0.669. The molecule has 2 fully saturated rings. The van der Waals surface area contributed by atoms with Crippen LogP contribution < -0.4 is 0 Å². The van der Waals surface area contributed by atoms with Crippen LogP contribution in [0.25, 0.3) is 0 Å². The number of hydrogen-bond donors (Lipinski definition) is 0. The Balaban J connectivity index is 1.99. The largest absolute Gasteiger partial charge is 0.388 e. The summed E-state index contributed by atoms with van der Waals surface area (Å²) in [5.74, 6) is -1.50. The normalized spacial score (nSPS) is 40.3. The molecule has 0 radical (unpaired) electrons. The zero-order valence-electron chi connectivity index (χ0n) is 7.43. The van der Waals surface area contributed by atoms with Gasteiger partial charge in [-0.1, -0.05) is 0 Å². The number of carbonyl (C=O) groups excluding carboxylic acids is 2. The molecule has 74 valence electrons. The predicted octanol–water partition coefficient (Wildman–Crippen LogP) is -0.312. The van der Waals surface area contributed by atoms with Crippen LogP contribution in [0, 0.1) is 5.92 Å². The first-order chi connectivity index (χ1) is 6.75. The average Bonchev–Trinajstić information content (AvgIpc) is 2.70. The lowest BCUT2D eigenvalue weighted by atomic mass is 9.91. The van der Waals surface area contributed by atoms with E-state index in [0.29, 0.717) is 18.7 Å². The zero-order chi connectivity index (χ0) is 9.71. The minimum Gasteiger partial charge on any atom is -0.388 e. The molecule has 2 saturated heterocycles. The number of rotatable bonds is 0. The third-order valence-corrected chi connectivity index (χ3v) is 2.96. The second kappa shape index (κ2) is 2.63. The molecule has 5 heteroatoms. The van der Waals surface area contributed by atoms with Gasteiger partial charge in [0.15, 0.2) is 0 Å². The van der Waals surface area contributed by atoms with Gasteiger partial charge in [0.2, 0.25) is 0 Å². The highest BCUT2D eigenvalue weighted by Crippen LogP contribution is 2.32. The number of nitrogens with zero attached hydrogens (tertiary/aromatic N) is 1. The first kappa shape index (κ1) is 8.11. The fraction of sp³-hybridized carbons (Fsp3) is 0.667. The maximum absolute atomic E-state index is 11.2. The van der Waals surface area contributed by atoms with Gasteiger partial charge in [-0.3, -0.25) is 9.79 Å². The van der Waals surface area contributed by atoms with Gasteiger partial charge >= 0.3 is 11.9 Å². The SMILES string of the molecule is O=C1OC(=O)C2CC3OCCC3N=C12. The van der Waals surface area contributed by atoms with Crippen molar-refractivity contribution in [3.63, 3.8) is 0 Å². The number of aliphatic imine (C=N–C) groups is 1. The summed E-state index contributed by atoms with van der Waals surface area (Å²) < 4.78 is 9.93. The minimum atomic E-state index is -0.564. The Labute approximate surface area is 80.1 Å². The average molecular weight is 195 g/mol. The monoisotopic (exact) mass is 195 g/mol. The van der Waals surface area contributed by atoms with Gasteiger partial charge in [0.25, 0.3) is 0 Å². The Morgan fingerprint density at radius 3 is 3.07 bits per heavy atom. The number of cyclic esters (lactones) is 2. The van der Waals surface area contributed by atoms with Crippen molar-refractivity contribution in [3.8, 4) is 0 Å². The first-order valence-corrected chi connectivity index (χ1v) is 4.71. The maximum Gasteiger partial charge on any atom is 0.360 e. The lowest BCUT2D eigenvalue weighted by molar-refractivity contribution is -0.152. The fourth-order valence-electron chi connectivity index (χ4n) is 2.24. The molecule has 0 aromatic heterocycles. The van der Waals surface area contributed by atoms with Crippen molar-refractivity contribution in [1.82, 2.24) is 0 Å². The van der Waals surface area contributed by atoms with Crippen molar-refractivity contribution in [2.24, 2.45) is 10.9 Å². The Morgan fingerprint density at radius 2 is 2.21 bits per heavy atom. The molecular formula is C9H9NO4. The molecule has 3 aliphatic rings. The van der Waals surface area contributed by atoms with E-state index >= 15 is 0 Å². The van der Waals surface area contributed by atoms with Gasteiger partial charge in [0.05, 0.1) is 12.1 Å². The highest BCUT2D eigenvalue weighted by Gasteiger charge is 2.48. The lowest BCUT2D eigenvalue weighted by Gasteiger charge is -2.22. The summed E-state index contributed by atoms with van der Waals surface area (Å²) in [7, 11) is 0. The third kappa shape index (κ3) is 0.957. The van der Waals surface area contributed by atoms with Gasteiger partial charge in [0.1, 0.15) is 11.6 Å². The number of carbonyl (C=O) groups is 2.